The Morgan fingerprint density at radius 1 is 1.00 bits per heavy atom. The summed E-state index contributed by atoms with van der Waals surface area (Å²) in [6.45, 7) is 0.991. The second-order valence-electron chi connectivity index (χ2n) is 4.46. The molecule has 1 unspecified atom stereocenters. The van der Waals surface area contributed by atoms with E-state index in [-0.39, 0.29) is 0 Å². The minimum Gasteiger partial charge on any atom is -0.319 e. The van der Waals surface area contributed by atoms with Gasteiger partial charge in [0.1, 0.15) is 0 Å². The molecule has 1 nitrogen and oxygen atoms in total. The largest absolute Gasteiger partial charge is 0.319 e. The lowest BCUT2D eigenvalue weighted by Gasteiger charge is -2.18. The molecule has 0 aromatic heterocycles. The van der Waals surface area contributed by atoms with Crippen LogP contribution in [0.5, 0.6) is 0 Å². The van der Waals surface area contributed by atoms with Crippen LogP contribution in [0.2, 0.25) is 0 Å². The van der Waals surface area contributed by atoms with Crippen LogP contribution in [0.15, 0.2) is 59.1 Å². The molecule has 0 saturated carbocycles. The maximum Gasteiger partial charge on any atom is 0.0207 e. The third kappa shape index (κ3) is 3.44. The van der Waals surface area contributed by atoms with Crippen LogP contribution in [0.1, 0.15) is 17.0 Å². The van der Waals surface area contributed by atoms with Gasteiger partial charge in [-0.3, -0.25) is 0 Å². The molecule has 2 heteroatoms. The number of likely N-dealkylation sites (N-methyl/N-ethyl adjacent to an activating group) is 1. The van der Waals surface area contributed by atoms with E-state index >= 15 is 0 Å². The van der Waals surface area contributed by atoms with E-state index in [1.165, 1.54) is 15.6 Å². The Morgan fingerprint density at radius 2 is 1.67 bits per heavy atom. The highest BCUT2D eigenvalue weighted by atomic mass is 79.9. The van der Waals surface area contributed by atoms with Crippen molar-refractivity contribution in [3.8, 4) is 0 Å². The molecule has 0 amide bonds. The van der Waals surface area contributed by atoms with E-state index in [1.54, 1.807) is 0 Å². The normalized spacial score (nSPS) is 12.3. The second kappa shape index (κ2) is 6.72. The first-order chi connectivity index (χ1) is 8.81. The number of benzene rings is 2. The first kappa shape index (κ1) is 13.3. The lowest BCUT2D eigenvalue weighted by molar-refractivity contribution is 0.625. The summed E-state index contributed by atoms with van der Waals surface area (Å²) in [7, 11) is 2.01. The SMILES string of the molecule is CNCC(Cc1ccccc1Br)c1ccccc1. The highest BCUT2D eigenvalue weighted by molar-refractivity contribution is 9.10. The van der Waals surface area contributed by atoms with Gasteiger partial charge in [0, 0.05) is 16.9 Å². The molecule has 18 heavy (non-hydrogen) atoms. The Bertz CT molecular complexity index is 481. The molecule has 0 saturated heterocycles. The van der Waals surface area contributed by atoms with Crippen LogP contribution in [0.4, 0.5) is 0 Å². The minimum absolute atomic E-state index is 0.509. The Morgan fingerprint density at radius 3 is 2.33 bits per heavy atom. The number of hydrogen-bond acceptors (Lipinski definition) is 1. The molecule has 0 heterocycles. The molecule has 0 fully saturated rings. The van der Waals surface area contributed by atoms with E-state index in [0.29, 0.717) is 5.92 Å². The van der Waals surface area contributed by atoms with Crippen molar-refractivity contribution in [2.24, 2.45) is 0 Å². The van der Waals surface area contributed by atoms with Gasteiger partial charge < -0.3 is 5.32 Å². The zero-order valence-corrected chi connectivity index (χ0v) is 12.2. The van der Waals surface area contributed by atoms with Gasteiger partial charge in [0.25, 0.3) is 0 Å². The van der Waals surface area contributed by atoms with E-state index in [4.69, 9.17) is 0 Å². The van der Waals surface area contributed by atoms with Gasteiger partial charge in [-0.25, -0.2) is 0 Å². The molecule has 2 aromatic rings. The Balaban J connectivity index is 2.19. The van der Waals surface area contributed by atoms with Crippen molar-refractivity contribution in [2.75, 3.05) is 13.6 Å². The number of hydrogen-bond donors (Lipinski definition) is 1. The highest BCUT2D eigenvalue weighted by Crippen LogP contribution is 2.24. The second-order valence-corrected chi connectivity index (χ2v) is 5.32. The van der Waals surface area contributed by atoms with Gasteiger partial charge in [-0.05, 0) is 30.7 Å². The summed E-state index contributed by atoms with van der Waals surface area (Å²) in [4.78, 5) is 0. The van der Waals surface area contributed by atoms with Crippen molar-refractivity contribution in [3.05, 3.63) is 70.2 Å². The fourth-order valence-electron chi connectivity index (χ4n) is 2.21. The van der Waals surface area contributed by atoms with Crippen molar-refractivity contribution in [1.29, 1.82) is 0 Å². The molecule has 0 aliphatic carbocycles. The van der Waals surface area contributed by atoms with Gasteiger partial charge >= 0.3 is 0 Å². The van der Waals surface area contributed by atoms with Crippen molar-refractivity contribution in [3.63, 3.8) is 0 Å². The Labute approximate surface area is 117 Å². The van der Waals surface area contributed by atoms with E-state index in [1.807, 2.05) is 7.05 Å². The molecule has 2 rings (SSSR count). The monoisotopic (exact) mass is 303 g/mol. The average Bonchev–Trinajstić information content (AvgIpc) is 2.42. The number of rotatable bonds is 5. The Kier molecular flexibility index (Phi) is 4.97. The zero-order valence-electron chi connectivity index (χ0n) is 10.6. The van der Waals surface area contributed by atoms with Crippen LogP contribution in [-0.4, -0.2) is 13.6 Å². The van der Waals surface area contributed by atoms with Crippen LogP contribution >= 0.6 is 15.9 Å². The van der Waals surface area contributed by atoms with Gasteiger partial charge in [-0.2, -0.15) is 0 Å². The first-order valence-corrected chi connectivity index (χ1v) is 7.03. The van der Waals surface area contributed by atoms with Crippen molar-refractivity contribution in [2.45, 2.75) is 12.3 Å². The van der Waals surface area contributed by atoms with Crippen LogP contribution in [0, 0.1) is 0 Å². The van der Waals surface area contributed by atoms with Crippen LogP contribution in [0.3, 0.4) is 0 Å². The lowest BCUT2D eigenvalue weighted by atomic mass is 9.92. The molecule has 1 atom stereocenters. The predicted octanol–water partition coefficient (Wildman–Crippen LogP) is 3.99. The number of nitrogens with one attached hydrogen (secondary N) is 1. The summed E-state index contributed by atoms with van der Waals surface area (Å²) >= 11 is 3.63. The van der Waals surface area contributed by atoms with Gasteiger partial charge in [0.2, 0.25) is 0 Å². The molecular weight excluding hydrogens is 286 g/mol. The third-order valence-electron chi connectivity index (χ3n) is 3.15. The highest BCUT2D eigenvalue weighted by Gasteiger charge is 2.12. The summed E-state index contributed by atoms with van der Waals surface area (Å²) in [5.74, 6) is 0.509. The van der Waals surface area contributed by atoms with Crippen molar-refractivity contribution in [1.82, 2.24) is 5.32 Å². The molecule has 1 N–H and O–H groups in total. The predicted molar refractivity (Wildman–Crippen MR) is 81.0 cm³/mol. The fourth-order valence-corrected chi connectivity index (χ4v) is 2.66. The molecule has 0 spiro atoms. The average molecular weight is 304 g/mol. The van der Waals surface area contributed by atoms with E-state index in [9.17, 15) is 0 Å². The van der Waals surface area contributed by atoms with Gasteiger partial charge in [0.05, 0.1) is 0 Å². The third-order valence-corrected chi connectivity index (χ3v) is 3.92. The zero-order chi connectivity index (χ0) is 12.8. The van der Waals surface area contributed by atoms with E-state index < -0.39 is 0 Å². The van der Waals surface area contributed by atoms with Crippen LogP contribution < -0.4 is 5.32 Å². The molecule has 2 aromatic carbocycles. The smallest absolute Gasteiger partial charge is 0.0207 e. The maximum atomic E-state index is 3.63. The molecule has 0 radical (unpaired) electrons. The van der Waals surface area contributed by atoms with Crippen molar-refractivity contribution < 1.29 is 0 Å². The number of halogens is 1. The van der Waals surface area contributed by atoms with Gasteiger partial charge in [-0.15, -0.1) is 0 Å². The van der Waals surface area contributed by atoms with Gasteiger partial charge in [-0.1, -0.05) is 64.5 Å². The fraction of sp³-hybridized carbons (Fsp3) is 0.250. The maximum absolute atomic E-state index is 3.63. The summed E-state index contributed by atoms with van der Waals surface area (Å²) < 4.78 is 1.20. The Hall–Kier alpha value is -1.12. The molecule has 0 aliphatic rings. The van der Waals surface area contributed by atoms with Crippen molar-refractivity contribution >= 4 is 15.9 Å². The molecule has 0 aliphatic heterocycles. The van der Waals surface area contributed by atoms with Crippen LogP contribution in [-0.2, 0) is 6.42 Å². The summed E-state index contributed by atoms with van der Waals surface area (Å²) in [6.07, 6.45) is 1.05. The molecule has 94 valence electrons. The molecule has 0 bridgehead atoms. The first-order valence-electron chi connectivity index (χ1n) is 6.24. The molecular formula is C16H18BrN. The van der Waals surface area contributed by atoms with E-state index in [2.05, 4.69) is 75.8 Å². The lowest BCUT2D eigenvalue weighted by Crippen LogP contribution is -2.19. The summed E-state index contributed by atoms with van der Waals surface area (Å²) in [5.41, 5.74) is 2.75. The minimum atomic E-state index is 0.509. The quantitative estimate of drug-likeness (QED) is 0.880. The summed E-state index contributed by atoms with van der Waals surface area (Å²) in [6, 6.07) is 19.2. The summed E-state index contributed by atoms with van der Waals surface area (Å²) in [5, 5.41) is 3.29. The van der Waals surface area contributed by atoms with Crippen LogP contribution in [0.25, 0.3) is 0 Å². The standard InChI is InChI=1S/C16H18BrN/c1-18-12-15(13-7-3-2-4-8-13)11-14-9-5-6-10-16(14)17/h2-10,15,18H,11-12H2,1H3. The van der Waals surface area contributed by atoms with Gasteiger partial charge in [0.15, 0.2) is 0 Å². The van der Waals surface area contributed by atoms with E-state index in [0.717, 1.165) is 13.0 Å². The topological polar surface area (TPSA) is 12.0 Å².